The molecule has 0 spiro atoms. The molecule has 6 aromatic rings. The van der Waals surface area contributed by atoms with Gasteiger partial charge in [0.15, 0.2) is 0 Å². The van der Waals surface area contributed by atoms with Crippen molar-refractivity contribution in [2.75, 3.05) is 25.1 Å². The van der Waals surface area contributed by atoms with Crippen molar-refractivity contribution in [3.63, 3.8) is 0 Å². The van der Waals surface area contributed by atoms with Gasteiger partial charge < -0.3 is 63.5 Å². The highest BCUT2D eigenvalue weighted by Gasteiger charge is 2.37. The lowest BCUT2D eigenvalue weighted by molar-refractivity contribution is -0.142. The number of aromatic amines is 1. The first-order valence-corrected chi connectivity index (χ1v) is 28.4. The second-order valence-corrected chi connectivity index (χ2v) is 21.2. The number of aliphatic hydroxyl groups is 1. The molecule has 0 aliphatic carbocycles. The molecule has 9 atom stereocenters. The smallest absolute Gasteiger partial charge is 0.326 e. The Balaban J connectivity index is 1.20. The third-order valence-electron chi connectivity index (χ3n) is 14.2. The van der Waals surface area contributed by atoms with E-state index < -0.39 is 102 Å². The molecule has 0 unspecified atom stereocenters. The molecule has 436 valence electrons. The van der Waals surface area contributed by atoms with Crippen molar-refractivity contribution in [2.24, 2.45) is 11.5 Å². The molecule has 5 aromatic carbocycles. The van der Waals surface area contributed by atoms with E-state index in [4.69, 9.17) is 11.5 Å². The molecule has 0 radical (unpaired) electrons. The number of aryl methyl sites for hydroxylation is 1. The Labute approximate surface area is 487 Å². The van der Waals surface area contributed by atoms with Crippen LogP contribution in [0.4, 0.5) is 0 Å². The maximum absolute atomic E-state index is 14.8. The van der Waals surface area contributed by atoms with Gasteiger partial charge in [-0.05, 0) is 85.2 Å². The summed E-state index contributed by atoms with van der Waals surface area (Å²) in [5.74, 6) is -7.38. The zero-order chi connectivity index (χ0) is 59.5. The number of aliphatic carboxylic acids is 1. The van der Waals surface area contributed by atoms with E-state index in [2.05, 4.69) is 62.1 Å². The van der Waals surface area contributed by atoms with Crippen molar-refractivity contribution < 1.29 is 48.6 Å². The standard InChI is InChI=1S/C60H74N10O10S2/c1-35-20-22-38(23-21-35)28-44(62)59(78)70(3)51(34-82)57(76)66-47(29-37-13-5-4-6-14-37)54(73)65-48(31-42-32-63-45-18-10-9-17-43(42)45)55(74)64-46(19-11-12-26-61)53(72)69-52(36(2)71)58(77)68-50(33-81)56(75)67-49(60(79)80)30-39-24-25-40-15-7-8-16-41(40)27-39/h4-10,13-18,20-25,27,32,36,44,46-52,63,71,81-82H,11-12,19,26,28-31,33-34,61-62H2,1-3H3,(H,64,74)(H,65,73)(H,66,76)(H,67,75)(H,68,77)(H,69,72)(H,79,80)/t36-,44+,46+,47+,48-,49+,50+,51-,52+/m1/s1. The van der Waals surface area contributed by atoms with Crippen LogP contribution in [0.2, 0.25) is 0 Å². The molecule has 0 saturated carbocycles. The van der Waals surface area contributed by atoms with Gasteiger partial charge in [-0.15, -0.1) is 0 Å². The average molecular weight is 1160 g/mol. The number of likely N-dealkylation sites (N-methyl/N-ethyl adjacent to an activating group) is 1. The molecule has 0 aliphatic heterocycles. The summed E-state index contributed by atoms with van der Waals surface area (Å²) >= 11 is 8.67. The number of unbranched alkanes of at least 4 members (excludes halogenated alkanes) is 1. The molecular formula is C60H74N10O10S2. The molecule has 82 heavy (non-hydrogen) atoms. The number of carboxylic acids is 1. The number of fused-ring (bicyclic) bond motifs is 2. The summed E-state index contributed by atoms with van der Waals surface area (Å²) in [7, 11) is 1.44. The van der Waals surface area contributed by atoms with Crippen LogP contribution in [0, 0.1) is 6.92 Å². The largest absolute Gasteiger partial charge is 0.480 e. The predicted octanol–water partition coefficient (Wildman–Crippen LogP) is 2.42. The number of rotatable bonds is 30. The number of H-pyrrole nitrogens is 1. The zero-order valence-corrected chi connectivity index (χ0v) is 47.8. The second-order valence-electron chi connectivity index (χ2n) is 20.4. The quantitative estimate of drug-likeness (QED) is 0.0229. The van der Waals surface area contributed by atoms with Gasteiger partial charge in [-0.1, -0.05) is 121 Å². The van der Waals surface area contributed by atoms with Crippen LogP contribution in [0.25, 0.3) is 21.7 Å². The van der Waals surface area contributed by atoms with Crippen molar-refractivity contribution in [1.29, 1.82) is 0 Å². The number of aliphatic hydroxyl groups excluding tert-OH is 1. The third-order valence-corrected chi connectivity index (χ3v) is 14.9. The molecule has 0 saturated heterocycles. The van der Waals surface area contributed by atoms with Crippen LogP contribution in [0.3, 0.4) is 0 Å². The van der Waals surface area contributed by atoms with Gasteiger partial charge in [0.05, 0.1) is 12.1 Å². The minimum absolute atomic E-state index is 0.00908. The number of amides is 7. The van der Waals surface area contributed by atoms with Crippen molar-refractivity contribution >= 4 is 94.3 Å². The summed E-state index contributed by atoms with van der Waals surface area (Å²) in [6.45, 7) is 3.42. The van der Waals surface area contributed by atoms with Crippen LogP contribution in [0.15, 0.2) is 128 Å². The van der Waals surface area contributed by atoms with Gasteiger partial charge in [0.25, 0.3) is 0 Å². The average Bonchev–Trinajstić information content (AvgIpc) is 4.06. The fourth-order valence-corrected chi connectivity index (χ4v) is 10.1. The first-order valence-electron chi connectivity index (χ1n) is 27.1. The Morgan fingerprint density at radius 2 is 1.13 bits per heavy atom. The number of hydrogen-bond donors (Lipinski definition) is 13. The Morgan fingerprint density at radius 1 is 0.585 bits per heavy atom. The molecule has 13 N–H and O–H groups in total. The lowest BCUT2D eigenvalue weighted by Gasteiger charge is -2.30. The van der Waals surface area contributed by atoms with Crippen LogP contribution < -0.4 is 43.4 Å². The van der Waals surface area contributed by atoms with Crippen LogP contribution in [0.5, 0.6) is 0 Å². The number of nitrogens with one attached hydrogen (secondary N) is 7. The fraction of sp³-hybridized carbons (Fsp3) is 0.367. The number of carboxylic acid groups (broad SMARTS) is 1. The number of hydrogen-bond acceptors (Lipinski definition) is 13. The maximum atomic E-state index is 14.8. The zero-order valence-electron chi connectivity index (χ0n) is 46.0. The molecule has 6 rings (SSSR count). The molecule has 1 heterocycles. The molecule has 0 bridgehead atoms. The van der Waals surface area contributed by atoms with Crippen molar-refractivity contribution in [3.8, 4) is 0 Å². The number of aromatic nitrogens is 1. The van der Waals surface area contributed by atoms with Gasteiger partial charge in [-0.3, -0.25) is 33.6 Å². The van der Waals surface area contributed by atoms with E-state index in [1.165, 1.54) is 18.9 Å². The number of thiol groups is 2. The summed E-state index contributed by atoms with van der Waals surface area (Å²) in [5, 5.41) is 39.4. The van der Waals surface area contributed by atoms with Crippen LogP contribution in [-0.4, -0.2) is 147 Å². The number of carbonyl (C=O) groups excluding carboxylic acids is 7. The molecule has 0 fully saturated rings. The maximum Gasteiger partial charge on any atom is 0.326 e. The summed E-state index contributed by atoms with van der Waals surface area (Å²) in [6.07, 6.45) is 0.837. The Morgan fingerprint density at radius 3 is 1.79 bits per heavy atom. The third kappa shape index (κ3) is 17.9. The molecule has 20 nitrogen and oxygen atoms in total. The fourth-order valence-electron chi connectivity index (χ4n) is 9.41. The minimum Gasteiger partial charge on any atom is -0.480 e. The SMILES string of the molecule is Cc1ccc(C[C@H](N)C(=O)N(C)[C@H](CS)C(=O)N[C@@H](Cc2ccccc2)C(=O)N[C@H](Cc2c[nH]c3ccccc23)C(=O)N[C@@H](CCCCN)C(=O)N[C@H](C(=O)N[C@@H](CS)C(=O)N[C@@H](Cc2ccc3ccccc3c2)C(=O)O)[C@@H](C)O)cc1. The van der Waals surface area contributed by atoms with Crippen LogP contribution in [0.1, 0.15) is 54.0 Å². The van der Waals surface area contributed by atoms with E-state index in [-0.39, 0.29) is 50.2 Å². The van der Waals surface area contributed by atoms with Gasteiger partial charge in [-0.2, -0.15) is 25.3 Å². The molecular weight excluding hydrogens is 1080 g/mol. The van der Waals surface area contributed by atoms with E-state index in [1.807, 2.05) is 91.9 Å². The Kier molecular flexibility index (Phi) is 23.9. The summed E-state index contributed by atoms with van der Waals surface area (Å²) in [5.41, 5.74) is 16.7. The van der Waals surface area contributed by atoms with E-state index in [0.29, 0.717) is 29.5 Å². The number of benzene rings is 5. The highest BCUT2D eigenvalue weighted by Crippen LogP contribution is 2.21. The van der Waals surface area contributed by atoms with Gasteiger partial charge >= 0.3 is 5.97 Å². The molecule has 1 aromatic heterocycles. The predicted molar refractivity (Wildman–Crippen MR) is 321 cm³/mol. The van der Waals surface area contributed by atoms with E-state index >= 15 is 0 Å². The lowest BCUT2D eigenvalue weighted by Crippen LogP contribution is -2.62. The van der Waals surface area contributed by atoms with E-state index in [9.17, 15) is 48.6 Å². The highest BCUT2D eigenvalue weighted by atomic mass is 32.1. The van der Waals surface area contributed by atoms with Crippen LogP contribution >= 0.6 is 25.3 Å². The normalized spacial score (nSPS) is 14.6. The Bertz CT molecular complexity index is 3160. The minimum atomic E-state index is -1.70. The summed E-state index contributed by atoms with van der Waals surface area (Å²) in [6, 6.07) is 25.9. The van der Waals surface area contributed by atoms with E-state index in [0.717, 1.165) is 32.8 Å². The van der Waals surface area contributed by atoms with Gasteiger partial charge in [0, 0.05) is 54.9 Å². The van der Waals surface area contributed by atoms with E-state index in [1.54, 1.807) is 42.6 Å². The summed E-state index contributed by atoms with van der Waals surface area (Å²) in [4.78, 5) is 116. The molecule has 7 amide bonds. The van der Waals surface area contributed by atoms with Crippen molar-refractivity contribution in [1.82, 2.24) is 41.8 Å². The summed E-state index contributed by atoms with van der Waals surface area (Å²) < 4.78 is 0. The van der Waals surface area contributed by atoms with Crippen molar-refractivity contribution in [3.05, 3.63) is 155 Å². The number of para-hydroxylation sites is 1. The van der Waals surface area contributed by atoms with Gasteiger partial charge in [0.2, 0.25) is 41.4 Å². The highest BCUT2D eigenvalue weighted by molar-refractivity contribution is 7.80. The van der Waals surface area contributed by atoms with Crippen LogP contribution in [-0.2, 0) is 64.0 Å². The molecule has 0 aliphatic rings. The topological polar surface area (TPSA) is 320 Å². The second kappa shape index (κ2) is 30.9. The number of carbonyl (C=O) groups is 8. The first kappa shape index (κ1) is 63.4. The lowest BCUT2D eigenvalue weighted by atomic mass is 10.0. The first-order chi connectivity index (χ1) is 39.3. The number of nitrogens with zero attached hydrogens (tertiary/aromatic N) is 1. The monoisotopic (exact) mass is 1160 g/mol. The molecule has 22 heteroatoms. The van der Waals surface area contributed by atoms with Gasteiger partial charge in [-0.25, -0.2) is 4.79 Å². The number of nitrogens with two attached hydrogens (primary N) is 2. The van der Waals surface area contributed by atoms with Crippen molar-refractivity contribution in [2.45, 2.75) is 113 Å². The van der Waals surface area contributed by atoms with Gasteiger partial charge in [0.1, 0.15) is 42.3 Å². The Hall–Kier alpha value is -7.76.